The molecule has 3 N–H and O–H groups in total. The maximum atomic E-state index is 13.4. The second-order valence-corrected chi connectivity index (χ2v) is 30.5. The first-order valence-corrected chi connectivity index (χ1v) is 30.8. The number of guanidine groups is 2. The van der Waals surface area contributed by atoms with Gasteiger partial charge in [0.1, 0.15) is 0 Å². The molecule has 0 saturated heterocycles. The summed E-state index contributed by atoms with van der Waals surface area (Å²) in [6.45, 7) is 27.7. The molecule has 0 aromatic heterocycles. The molecule has 12 nitrogen and oxygen atoms in total. The van der Waals surface area contributed by atoms with Crippen molar-refractivity contribution in [1.29, 1.82) is 0 Å². The zero-order valence-corrected chi connectivity index (χ0v) is 40.8. The Bertz CT molecular complexity index is 1450. The van der Waals surface area contributed by atoms with E-state index in [9.17, 15) is 9.59 Å². The third-order valence-corrected chi connectivity index (χ3v) is 19.2. The molecule has 57 heavy (non-hydrogen) atoms. The van der Waals surface area contributed by atoms with Crippen molar-refractivity contribution in [3.63, 3.8) is 0 Å². The van der Waals surface area contributed by atoms with Crippen LogP contribution >= 0.6 is 0 Å². The van der Waals surface area contributed by atoms with Gasteiger partial charge in [0, 0.05) is 25.3 Å². The van der Waals surface area contributed by atoms with Gasteiger partial charge < -0.3 is 28.3 Å². The fraction of sp³-hybridized carbons (Fsp3) is 0.738. The van der Waals surface area contributed by atoms with Gasteiger partial charge in [0.2, 0.25) is 5.96 Å². The van der Waals surface area contributed by atoms with Crippen molar-refractivity contribution in [3.05, 3.63) is 35.6 Å². The van der Waals surface area contributed by atoms with Crippen molar-refractivity contribution < 1.29 is 27.3 Å². The number of ether oxygens (including phenoxy) is 2. The number of rotatable bonds is 22. The second kappa shape index (κ2) is 24.9. The van der Waals surface area contributed by atoms with Crippen LogP contribution in [-0.4, -0.2) is 94.2 Å². The highest BCUT2D eigenvalue weighted by molar-refractivity contribution is 6.87. The normalized spacial score (nSPS) is 19.3. The zero-order valence-electron chi connectivity index (χ0n) is 37.8. The molecule has 0 spiro atoms. The lowest BCUT2D eigenvalue weighted by atomic mass is 9.92. The molecule has 0 heterocycles. The maximum absolute atomic E-state index is 13.4. The van der Waals surface area contributed by atoms with Crippen LogP contribution in [0.4, 0.5) is 0 Å². The average molecular weight is 847 g/mol. The number of unbranched alkanes of at least 4 members (excludes halogenated alkanes) is 1. The van der Waals surface area contributed by atoms with E-state index in [1.807, 2.05) is 25.2 Å². The lowest BCUT2D eigenvalue weighted by Gasteiger charge is -2.38. The van der Waals surface area contributed by atoms with E-state index in [-0.39, 0.29) is 23.9 Å². The van der Waals surface area contributed by atoms with E-state index in [0.29, 0.717) is 67.7 Å². The van der Waals surface area contributed by atoms with Crippen molar-refractivity contribution >= 4 is 54.8 Å². The van der Waals surface area contributed by atoms with Gasteiger partial charge in [0.25, 0.3) is 0 Å². The lowest BCUT2D eigenvalue weighted by molar-refractivity contribution is -0.147. The molecule has 4 atom stereocenters. The first-order valence-electron chi connectivity index (χ1n) is 21.5. The Morgan fingerprint density at radius 1 is 0.895 bits per heavy atom. The number of nitrogens with zero attached hydrogens (tertiary/aromatic N) is 3. The van der Waals surface area contributed by atoms with E-state index in [1.54, 1.807) is 7.05 Å². The minimum atomic E-state index is -2.54. The molecule has 0 saturated carbocycles. The predicted molar refractivity (Wildman–Crippen MR) is 244 cm³/mol. The molecule has 2 rings (SSSR count). The van der Waals surface area contributed by atoms with E-state index in [2.05, 4.69) is 101 Å². The van der Waals surface area contributed by atoms with Crippen molar-refractivity contribution in [2.24, 2.45) is 32.7 Å². The molecule has 2 aliphatic carbocycles. The van der Waals surface area contributed by atoms with Gasteiger partial charge in [0.05, 0.1) is 43.0 Å². The molecule has 0 aliphatic heterocycles. The average Bonchev–Trinajstić information content (AvgIpc) is 3.14. The number of esters is 2. The van der Waals surface area contributed by atoms with Gasteiger partial charge in [0.15, 0.2) is 22.6 Å². The monoisotopic (exact) mass is 847 g/mol. The van der Waals surface area contributed by atoms with Crippen LogP contribution in [-0.2, 0) is 27.3 Å². The Morgan fingerprint density at radius 3 is 2.19 bits per heavy atom. The minimum Gasteiger partial charge on any atom is -0.465 e. The summed E-state index contributed by atoms with van der Waals surface area (Å²) in [5, 5.41) is 10.2. The van der Waals surface area contributed by atoms with Gasteiger partial charge in [-0.05, 0) is 103 Å². The summed E-state index contributed by atoms with van der Waals surface area (Å²) in [5.41, 5.74) is 1.90. The number of carbonyl (C=O) groups is 2. The summed E-state index contributed by atoms with van der Waals surface area (Å²) in [6.07, 6.45) is 16.2. The molecule has 0 radical (unpaired) electrons. The van der Waals surface area contributed by atoms with Gasteiger partial charge in [-0.25, -0.2) is 4.79 Å². The van der Waals surface area contributed by atoms with Crippen molar-refractivity contribution in [2.45, 2.75) is 150 Å². The highest BCUT2D eigenvalue weighted by atomic mass is 28.5. The molecule has 4 unspecified atom stereocenters. The Kier molecular flexibility index (Phi) is 22.0. The van der Waals surface area contributed by atoms with Crippen LogP contribution < -0.4 is 16.0 Å². The van der Waals surface area contributed by atoms with Gasteiger partial charge in [-0.15, -0.1) is 0 Å². The van der Waals surface area contributed by atoms with Crippen LogP contribution in [0.1, 0.15) is 92.4 Å². The van der Waals surface area contributed by atoms with Crippen molar-refractivity contribution in [1.82, 2.24) is 16.0 Å². The topological polar surface area (TPSA) is 144 Å². The Balaban J connectivity index is 2.32. The van der Waals surface area contributed by atoms with Gasteiger partial charge in [-0.3, -0.25) is 25.1 Å². The van der Waals surface area contributed by atoms with Gasteiger partial charge in [-0.2, -0.15) is 0 Å². The maximum Gasteiger partial charge on any atom is 0.339 e. The summed E-state index contributed by atoms with van der Waals surface area (Å²) >= 11 is 0. The number of nitrogens with one attached hydrogen (secondary N) is 3. The van der Waals surface area contributed by atoms with E-state index in [0.717, 1.165) is 63.1 Å². The van der Waals surface area contributed by atoms with Crippen LogP contribution in [0.25, 0.3) is 0 Å². The number of hydrogen-bond acceptors (Lipinski definition) is 9. The molecule has 2 aliphatic rings. The molecule has 0 bridgehead atoms. The van der Waals surface area contributed by atoms with Crippen LogP contribution in [0.3, 0.4) is 0 Å². The Morgan fingerprint density at radius 2 is 1.58 bits per heavy atom. The van der Waals surface area contributed by atoms with Crippen LogP contribution in [0.2, 0.25) is 51.9 Å². The lowest BCUT2D eigenvalue weighted by Crippen LogP contribution is -2.54. The van der Waals surface area contributed by atoms with Crippen LogP contribution in [0.15, 0.2) is 50.6 Å². The molecule has 0 fully saturated rings. The number of aliphatic imine (C=N–C) groups is 3. The van der Waals surface area contributed by atoms with Gasteiger partial charge >= 0.3 is 20.5 Å². The summed E-state index contributed by atoms with van der Waals surface area (Å²) in [5.74, 6) is 0.678. The first kappa shape index (κ1) is 50.3. The minimum absolute atomic E-state index is 0.211. The molecule has 0 amide bonds. The molecular formula is C42H78N6O6Si3. The summed E-state index contributed by atoms with van der Waals surface area (Å²) < 4.78 is 25.1. The van der Waals surface area contributed by atoms with E-state index >= 15 is 0 Å². The SMILES string of the molecule is CCCCC(CC)COC(=O)C1=CCCC=C1NC(=NC)NC(=NCC(C)N=C1C=CCCC1C(=O)OCC(C)CC)NCC[Si](C)(O[Si](C)(C)C)O[Si](C)(C)C. The van der Waals surface area contributed by atoms with E-state index in [4.69, 9.17) is 27.7 Å². The molecule has 0 aromatic rings. The number of allylic oxidation sites excluding steroid dienone is 4. The third-order valence-electron chi connectivity index (χ3n) is 9.64. The first-order chi connectivity index (χ1) is 26.8. The van der Waals surface area contributed by atoms with Crippen LogP contribution in [0.5, 0.6) is 0 Å². The zero-order chi connectivity index (χ0) is 42.6. The third kappa shape index (κ3) is 20.1. The highest BCUT2D eigenvalue weighted by Gasteiger charge is 2.40. The molecule has 15 heteroatoms. The van der Waals surface area contributed by atoms with E-state index in [1.165, 1.54) is 0 Å². The Hall–Kier alpha value is -2.86. The largest absolute Gasteiger partial charge is 0.465 e. The smallest absolute Gasteiger partial charge is 0.339 e. The molecular weight excluding hydrogens is 769 g/mol. The summed E-state index contributed by atoms with van der Waals surface area (Å²) in [7, 11) is -4.62. The van der Waals surface area contributed by atoms with Crippen molar-refractivity contribution in [2.75, 3.05) is 33.4 Å². The highest BCUT2D eigenvalue weighted by Crippen LogP contribution is 2.25. The molecule has 324 valence electrons. The second-order valence-electron chi connectivity index (χ2n) is 17.7. The number of carbonyl (C=O) groups excluding carboxylic acids is 2. The summed E-state index contributed by atoms with van der Waals surface area (Å²) in [4.78, 5) is 40.9. The van der Waals surface area contributed by atoms with E-state index < -0.39 is 25.2 Å². The predicted octanol–water partition coefficient (Wildman–Crippen LogP) is 8.62. The van der Waals surface area contributed by atoms with Crippen molar-refractivity contribution in [3.8, 4) is 0 Å². The number of hydrogen-bond donors (Lipinski definition) is 3. The van der Waals surface area contributed by atoms with Gasteiger partial charge in [-0.1, -0.05) is 71.6 Å². The van der Waals surface area contributed by atoms with Crippen LogP contribution in [0, 0.1) is 17.8 Å². The standard InChI is InChI=1S/C42H78N6O6Si3/c1-14-17-22-34(16-3)31-52-40(50)36-24-19-21-26-38(36)47-41(43-6)48-42(44-27-28-57(13,53-55(7,8)9)54-56(10,11)12)45-29-33(5)46-37-25-20-18-23-35(37)39(49)51-30-32(4)15-2/h20,24-26,32-35H,14-19,21-23,27-31H2,1-13H3,(H3,43,44,45,47,48). The fourth-order valence-corrected chi connectivity index (χ4v) is 18.9. The Labute approximate surface area is 348 Å². The fourth-order valence-electron chi connectivity index (χ4n) is 6.57. The molecule has 0 aromatic carbocycles. The quantitative estimate of drug-likeness (QED) is 0.0422. The summed E-state index contributed by atoms with van der Waals surface area (Å²) in [6, 6.07) is 0.499.